The van der Waals surface area contributed by atoms with Crippen molar-refractivity contribution in [3.8, 4) is 11.5 Å². The molecule has 0 aromatic heterocycles. The third-order valence-corrected chi connectivity index (χ3v) is 5.02. The molecule has 0 atom stereocenters. The van der Waals surface area contributed by atoms with Crippen molar-refractivity contribution in [1.82, 2.24) is 9.80 Å². The number of methoxy groups -OCH3 is 2. The first-order valence-corrected chi connectivity index (χ1v) is 8.57. The number of hydrogen-bond acceptors (Lipinski definition) is 5. The van der Waals surface area contributed by atoms with Crippen molar-refractivity contribution in [2.45, 2.75) is 6.54 Å². The van der Waals surface area contributed by atoms with E-state index >= 15 is 0 Å². The lowest BCUT2D eigenvalue weighted by molar-refractivity contribution is 0.178. The standard InChI is InChI=1S/C15H22N2O2S2/c1-18-13-5-4-12(10-14(13)19-2)11-16-6-8-17(9-7-16)15(20)21-3/h4-5,10H,6-9,11H2,1-3H3. The highest BCUT2D eigenvalue weighted by Crippen LogP contribution is 2.28. The van der Waals surface area contributed by atoms with Gasteiger partial charge in [-0.25, -0.2) is 0 Å². The summed E-state index contributed by atoms with van der Waals surface area (Å²) in [6, 6.07) is 6.12. The maximum absolute atomic E-state index is 5.36. The first-order chi connectivity index (χ1) is 10.2. The molecule has 1 saturated heterocycles. The zero-order valence-corrected chi connectivity index (χ0v) is 14.4. The van der Waals surface area contributed by atoms with Crippen molar-refractivity contribution in [2.24, 2.45) is 0 Å². The molecule has 0 saturated carbocycles. The van der Waals surface area contributed by atoms with E-state index in [0.717, 1.165) is 48.5 Å². The third-order valence-electron chi connectivity index (χ3n) is 3.66. The van der Waals surface area contributed by atoms with Crippen LogP contribution in [0.15, 0.2) is 18.2 Å². The maximum Gasteiger partial charge on any atom is 0.161 e. The first kappa shape index (κ1) is 16.4. The molecule has 0 radical (unpaired) electrons. The van der Waals surface area contributed by atoms with E-state index in [1.54, 1.807) is 26.0 Å². The molecule has 1 aliphatic heterocycles. The Bertz CT molecular complexity index is 489. The van der Waals surface area contributed by atoms with E-state index in [-0.39, 0.29) is 0 Å². The van der Waals surface area contributed by atoms with Crippen molar-refractivity contribution >= 4 is 28.3 Å². The summed E-state index contributed by atoms with van der Waals surface area (Å²) in [4.78, 5) is 4.73. The SMILES string of the molecule is COc1ccc(CN2CCN(C(=S)SC)CC2)cc1OC. The number of thiocarbonyl (C=S) groups is 1. The lowest BCUT2D eigenvalue weighted by atomic mass is 10.1. The summed E-state index contributed by atoms with van der Waals surface area (Å²) in [5, 5.41) is 0. The molecule has 1 heterocycles. The Balaban J connectivity index is 1.93. The zero-order chi connectivity index (χ0) is 15.2. The lowest BCUT2D eigenvalue weighted by Gasteiger charge is -2.35. The van der Waals surface area contributed by atoms with Crippen molar-refractivity contribution in [1.29, 1.82) is 0 Å². The average Bonchev–Trinajstić information content (AvgIpc) is 2.54. The molecule has 1 aliphatic rings. The number of thioether (sulfide) groups is 1. The number of hydrogen-bond donors (Lipinski definition) is 0. The van der Waals surface area contributed by atoms with Gasteiger partial charge in [-0.3, -0.25) is 4.90 Å². The van der Waals surface area contributed by atoms with Crippen LogP contribution in [-0.2, 0) is 6.54 Å². The lowest BCUT2D eigenvalue weighted by Crippen LogP contribution is -2.47. The van der Waals surface area contributed by atoms with E-state index in [4.69, 9.17) is 21.7 Å². The van der Waals surface area contributed by atoms with Gasteiger partial charge in [0.2, 0.25) is 0 Å². The minimum absolute atomic E-state index is 0.774. The van der Waals surface area contributed by atoms with Crippen LogP contribution in [0, 0.1) is 0 Å². The molecule has 21 heavy (non-hydrogen) atoms. The summed E-state index contributed by atoms with van der Waals surface area (Å²) in [7, 11) is 3.33. The maximum atomic E-state index is 5.36. The highest BCUT2D eigenvalue weighted by atomic mass is 32.2. The molecular weight excluding hydrogens is 304 g/mol. The topological polar surface area (TPSA) is 24.9 Å². The number of nitrogens with zero attached hydrogens (tertiary/aromatic N) is 2. The first-order valence-electron chi connectivity index (χ1n) is 6.94. The molecular formula is C15H22N2O2S2. The molecule has 1 aromatic carbocycles. The zero-order valence-electron chi connectivity index (χ0n) is 12.8. The van der Waals surface area contributed by atoms with Gasteiger partial charge in [-0.2, -0.15) is 0 Å². The van der Waals surface area contributed by atoms with E-state index in [0.29, 0.717) is 0 Å². The molecule has 4 nitrogen and oxygen atoms in total. The Morgan fingerprint density at radius 3 is 2.38 bits per heavy atom. The van der Waals surface area contributed by atoms with E-state index in [9.17, 15) is 0 Å². The normalized spacial score (nSPS) is 15.9. The fourth-order valence-electron chi connectivity index (χ4n) is 2.45. The molecule has 0 spiro atoms. The summed E-state index contributed by atoms with van der Waals surface area (Å²) >= 11 is 7.00. The molecule has 116 valence electrons. The highest BCUT2D eigenvalue weighted by molar-refractivity contribution is 8.22. The number of ether oxygens (including phenoxy) is 2. The van der Waals surface area contributed by atoms with Gasteiger partial charge in [-0.05, 0) is 24.0 Å². The van der Waals surface area contributed by atoms with Crippen molar-refractivity contribution in [3.05, 3.63) is 23.8 Å². The van der Waals surface area contributed by atoms with Gasteiger partial charge in [0, 0.05) is 32.7 Å². The molecule has 1 fully saturated rings. The van der Waals surface area contributed by atoms with Gasteiger partial charge in [0.05, 0.1) is 14.2 Å². The predicted octanol–water partition coefficient (Wildman–Crippen LogP) is 2.47. The Morgan fingerprint density at radius 2 is 1.81 bits per heavy atom. The molecule has 0 unspecified atom stereocenters. The largest absolute Gasteiger partial charge is 0.493 e. The second kappa shape index (κ2) is 7.87. The summed E-state index contributed by atoms with van der Waals surface area (Å²) < 4.78 is 11.6. The molecule has 0 aliphatic carbocycles. The summed E-state index contributed by atoms with van der Waals surface area (Å²) in [6.45, 7) is 5.02. The van der Waals surface area contributed by atoms with E-state index in [2.05, 4.69) is 21.9 Å². The highest BCUT2D eigenvalue weighted by Gasteiger charge is 2.18. The smallest absolute Gasteiger partial charge is 0.161 e. The van der Waals surface area contributed by atoms with Crippen LogP contribution in [0.25, 0.3) is 0 Å². The number of rotatable bonds is 4. The molecule has 0 N–H and O–H groups in total. The van der Waals surface area contributed by atoms with Crippen molar-refractivity contribution in [2.75, 3.05) is 46.7 Å². The van der Waals surface area contributed by atoms with Crippen LogP contribution in [0.5, 0.6) is 11.5 Å². The molecule has 6 heteroatoms. The molecule has 2 rings (SSSR count). The Morgan fingerprint density at radius 1 is 1.14 bits per heavy atom. The van der Waals surface area contributed by atoms with Gasteiger partial charge in [0.1, 0.15) is 4.32 Å². The Labute approximate surface area is 136 Å². The van der Waals surface area contributed by atoms with Crippen LogP contribution in [-0.4, -0.2) is 60.8 Å². The van der Waals surface area contributed by atoms with Gasteiger partial charge >= 0.3 is 0 Å². The van der Waals surface area contributed by atoms with Crippen LogP contribution < -0.4 is 9.47 Å². The van der Waals surface area contributed by atoms with Crippen LogP contribution in [0.3, 0.4) is 0 Å². The third kappa shape index (κ3) is 4.25. The predicted molar refractivity (Wildman–Crippen MR) is 92.5 cm³/mol. The van der Waals surface area contributed by atoms with Gasteiger partial charge < -0.3 is 14.4 Å². The fraction of sp³-hybridized carbons (Fsp3) is 0.533. The second-order valence-electron chi connectivity index (χ2n) is 4.92. The monoisotopic (exact) mass is 326 g/mol. The Kier molecular flexibility index (Phi) is 6.14. The summed E-state index contributed by atoms with van der Waals surface area (Å²) in [6.07, 6.45) is 2.04. The van der Waals surface area contributed by atoms with Gasteiger partial charge in [0.15, 0.2) is 11.5 Å². The average molecular weight is 326 g/mol. The van der Waals surface area contributed by atoms with Crippen LogP contribution >= 0.6 is 24.0 Å². The van der Waals surface area contributed by atoms with Gasteiger partial charge in [-0.15, -0.1) is 11.8 Å². The second-order valence-corrected chi connectivity index (χ2v) is 6.36. The minimum Gasteiger partial charge on any atom is -0.493 e. The minimum atomic E-state index is 0.774. The van der Waals surface area contributed by atoms with E-state index < -0.39 is 0 Å². The van der Waals surface area contributed by atoms with E-state index in [1.807, 2.05) is 12.3 Å². The Hall–Kier alpha value is -0.980. The van der Waals surface area contributed by atoms with Crippen LogP contribution in [0.4, 0.5) is 0 Å². The van der Waals surface area contributed by atoms with Crippen molar-refractivity contribution in [3.63, 3.8) is 0 Å². The van der Waals surface area contributed by atoms with Gasteiger partial charge in [-0.1, -0.05) is 18.3 Å². The number of benzene rings is 1. The fourth-order valence-corrected chi connectivity index (χ4v) is 3.08. The molecule has 0 amide bonds. The molecule has 1 aromatic rings. The van der Waals surface area contributed by atoms with Crippen LogP contribution in [0.1, 0.15) is 5.56 Å². The summed E-state index contributed by atoms with van der Waals surface area (Å²) in [5.74, 6) is 1.56. The quantitative estimate of drug-likeness (QED) is 0.788. The number of piperazine rings is 1. The van der Waals surface area contributed by atoms with Gasteiger partial charge in [0.25, 0.3) is 0 Å². The van der Waals surface area contributed by atoms with E-state index in [1.165, 1.54) is 5.56 Å². The van der Waals surface area contributed by atoms with Crippen molar-refractivity contribution < 1.29 is 9.47 Å². The van der Waals surface area contributed by atoms with Crippen LogP contribution in [0.2, 0.25) is 0 Å². The summed E-state index contributed by atoms with van der Waals surface area (Å²) in [5.41, 5.74) is 1.24. The molecule has 0 bridgehead atoms.